The Kier molecular flexibility index (Phi) is 3.58. The first-order chi connectivity index (χ1) is 9.26. The van der Waals surface area contributed by atoms with E-state index in [9.17, 15) is 5.11 Å². The van der Waals surface area contributed by atoms with Crippen LogP contribution in [0.1, 0.15) is 40.3 Å². The number of aryl methyl sites for hydroxylation is 2. The molecule has 1 aliphatic rings. The molecule has 0 amide bonds. The Hall–Kier alpha value is -1.32. The van der Waals surface area contributed by atoms with Crippen LogP contribution in [-0.2, 0) is 19.4 Å². The molecule has 0 bridgehead atoms. The fraction of sp³-hybridized carbons (Fsp3) is 0.375. The van der Waals surface area contributed by atoms with E-state index in [4.69, 9.17) is 4.74 Å². The molecule has 1 N–H and O–H groups in total. The topological polar surface area (TPSA) is 29.5 Å². The lowest BCUT2D eigenvalue weighted by Gasteiger charge is -2.08. The first-order valence-corrected chi connectivity index (χ1v) is 7.59. The SMILES string of the molecule is CCc1ccc(COc2ccc3c(c2)CC[C@@H]3O)s1. The van der Waals surface area contributed by atoms with E-state index >= 15 is 0 Å². The van der Waals surface area contributed by atoms with Crippen LogP contribution < -0.4 is 4.74 Å². The lowest BCUT2D eigenvalue weighted by Crippen LogP contribution is -1.95. The Morgan fingerprint density at radius 2 is 2.11 bits per heavy atom. The van der Waals surface area contributed by atoms with Gasteiger partial charge in [0.05, 0.1) is 6.10 Å². The van der Waals surface area contributed by atoms with Crippen LogP contribution >= 0.6 is 11.3 Å². The molecule has 19 heavy (non-hydrogen) atoms. The summed E-state index contributed by atoms with van der Waals surface area (Å²) in [6.45, 7) is 2.80. The van der Waals surface area contributed by atoms with Crippen LogP contribution in [0, 0.1) is 0 Å². The predicted molar refractivity (Wildman–Crippen MR) is 77.8 cm³/mol. The van der Waals surface area contributed by atoms with Gasteiger partial charge in [0.2, 0.25) is 0 Å². The van der Waals surface area contributed by atoms with Crippen LogP contribution in [0.15, 0.2) is 30.3 Å². The molecule has 0 spiro atoms. The average molecular weight is 274 g/mol. The number of hydrogen-bond acceptors (Lipinski definition) is 3. The van der Waals surface area contributed by atoms with Crippen molar-refractivity contribution in [2.24, 2.45) is 0 Å². The fourth-order valence-electron chi connectivity index (χ4n) is 2.51. The Bertz CT molecular complexity index is 574. The lowest BCUT2D eigenvalue weighted by atomic mass is 10.1. The number of benzene rings is 1. The third-order valence-electron chi connectivity index (χ3n) is 3.61. The van der Waals surface area contributed by atoms with Gasteiger partial charge in [0.25, 0.3) is 0 Å². The minimum Gasteiger partial charge on any atom is -0.488 e. The second-order valence-corrected chi connectivity index (χ2v) is 6.18. The van der Waals surface area contributed by atoms with Crippen LogP contribution in [0.5, 0.6) is 5.75 Å². The Labute approximate surface area is 117 Å². The Morgan fingerprint density at radius 1 is 1.26 bits per heavy atom. The molecular formula is C16H18O2S. The summed E-state index contributed by atoms with van der Waals surface area (Å²) in [5.74, 6) is 0.902. The molecule has 0 radical (unpaired) electrons. The molecule has 1 aliphatic carbocycles. The molecule has 1 heterocycles. The van der Waals surface area contributed by atoms with E-state index in [2.05, 4.69) is 25.1 Å². The maximum absolute atomic E-state index is 9.77. The zero-order valence-electron chi connectivity index (χ0n) is 11.1. The summed E-state index contributed by atoms with van der Waals surface area (Å²) in [6.07, 6.45) is 2.59. The maximum Gasteiger partial charge on any atom is 0.122 e. The quantitative estimate of drug-likeness (QED) is 0.917. The van der Waals surface area contributed by atoms with Gasteiger partial charge >= 0.3 is 0 Å². The van der Waals surface area contributed by atoms with Crippen molar-refractivity contribution in [3.8, 4) is 5.75 Å². The second kappa shape index (κ2) is 5.35. The number of ether oxygens (including phenoxy) is 1. The molecule has 0 saturated carbocycles. The van der Waals surface area contributed by atoms with E-state index in [0.29, 0.717) is 6.61 Å². The highest BCUT2D eigenvalue weighted by molar-refractivity contribution is 7.11. The summed E-state index contributed by atoms with van der Waals surface area (Å²) in [5.41, 5.74) is 2.29. The van der Waals surface area contributed by atoms with Gasteiger partial charge in [-0.2, -0.15) is 0 Å². The van der Waals surface area contributed by atoms with Gasteiger partial charge in [0, 0.05) is 9.75 Å². The lowest BCUT2D eigenvalue weighted by molar-refractivity contribution is 0.180. The van der Waals surface area contributed by atoms with Crippen molar-refractivity contribution >= 4 is 11.3 Å². The number of fused-ring (bicyclic) bond motifs is 1. The summed E-state index contributed by atoms with van der Waals surface area (Å²) in [4.78, 5) is 2.66. The van der Waals surface area contributed by atoms with E-state index < -0.39 is 0 Å². The van der Waals surface area contributed by atoms with E-state index in [-0.39, 0.29) is 6.10 Å². The highest BCUT2D eigenvalue weighted by Crippen LogP contribution is 2.33. The number of aliphatic hydroxyl groups excluding tert-OH is 1. The summed E-state index contributed by atoms with van der Waals surface area (Å²) >= 11 is 1.81. The number of hydrogen-bond donors (Lipinski definition) is 1. The molecule has 1 aromatic carbocycles. The summed E-state index contributed by atoms with van der Waals surface area (Å²) in [5, 5.41) is 9.77. The number of thiophene rings is 1. The summed E-state index contributed by atoms with van der Waals surface area (Å²) < 4.78 is 5.84. The van der Waals surface area contributed by atoms with Gasteiger partial charge in [-0.15, -0.1) is 11.3 Å². The van der Waals surface area contributed by atoms with E-state index in [0.717, 1.165) is 30.6 Å². The zero-order chi connectivity index (χ0) is 13.2. The highest BCUT2D eigenvalue weighted by Gasteiger charge is 2.20. The van der Waals surface area contributed by atoms with Crippen molar-refractivity contribution in [2.45, 2.75) is 38.9 Å². The van der Waals surface area contributed by atoms with Gasteiger partial charge in [-0.1, -0.05) is 13.0 Å². The molecule has 1 atom stereocenters. The first-order valence-electron chi connectivity index (χ1n) is 6.77. The number of rotatable bonds is 4. The highest BCUT2D eigenvalue weighted by atomic mass is 32.1. The largest absolute Gasteiger partial charge is 0.488 e. The molecule has 100 valence electrons. The maximum atomic E-state index is 9.77. The predicted octanol–water partition coefficient (Wildman–Crippen LogP) is 3.87. The van der Waals surface area contributed by atoms with Crippen LogP contribution in [0.3, 0.4) is 0 Å². The molecule has 2 aromatic rings. The Morgan fingerprint density at radius 3 is 2.89 bits per heavy atom. The van der Waals surface area contributed by atoms with Crippen LogP contribution in [0.25, 0.3) is 0 Å². The minimum absolute atomic E-state index is 0.284. The van der Waals surface area contributed by atoms with E-state index in [1.807, 2.05) is 23.5 Å². The van der Waals surface area contributed by atoms with E-state index in [1.165, 1.54) is 15.3 Å². The van der Waals surface area contributed by atoms with Gasteiger partial charge in [-0.25, -0.2) is 0 Å². The van der Waals surface area contributed by atoms with Crippen molar-refractivity contribution in [3.05, 3.63) is 51.2 Å². The van der Waals surface area contributed by atoms with Gasteiger partial charge in [0.1, 0.15) is 12.4 Å². The van der Waals surface area contributed by atoms with Crippen LogP contribution in [0.2, 0.25) is 0 Å². The second-order valence-electron chi connectivity index (χ2n) is 4.93. The van der Waals surface area contributed by atoms with Crippen molar-refractivity contribution < 1.29 is 9.84 Å². The summed E-state index contributed by atoms with van der Waals surface area (Å²) in [6, 6.07) is 10.3. The van der Waals surface area contributed by atoms with E-state index in [1.54, 1.807) is 0 Å². The van der Waals surface area contributed by atoms with Gasteiger partial charge in [0.15, 0.2) is 0 Å². The van der Waals surface area contributed by atoms with Crippen molar-refractivity contribution in [2.75, 3.05) is 0 Å². The molecular weight excluding hydrogens is 256 g/mol. The number of aliphatic hydroxyl groups is 1. The molecule has 1 aromatic heterocycles. The third-order valence-corrected chi connectivity index (χ3v) is 4.81. The van der Waals surface area contributed by atoms with Crippen molar-refractivity contribution in [1.29, 1.82) is 0 Å². The zero-order valence-corrected chi connectivity index (χ0v) is 11.9. The molecule has 0 fully saturated rings. The van der Waals surface area contributed by atoms with Crippen molar-refractivity contribution in [1.82, 2.24) is 0 Å². The normalized spacial score (nSPS) is 17.5. The first kappa shape index (κ1) is 12.7. The van der Waals surface area contributed by atoms with Crippen LogP contribution in [-0.4, -0.2) is 5.11 Å². The monoisotopic (exact) mass is 274 g/mol. The molecule has 0 aliphatic heterocycles. The third kappa shape index (κ3) is 2.67. The van der Waals surface area contributed by atoms with Crippen LogP contribution in [0.4, 0.5) is 0 Å². The van der Waals surface area contributed by atoms with Crippen molar-refractivity contribution in [3.63, 3.8) is 0 Å². The van der Waals surface area contributed by atoms with Gasteiger partial charge in [-0.3, -0.25) is 0 Å². The Balaban J connectivity index is 1.67. The smallest absolute Gasteiger partial charge is 0.122 e. The molecule has 2 nitrogen and oxygen atoms in total. The fourth-order valence-corrected chi connectivity index (χ4v) is 3.38. The molecule has 0 unspecified atom stereocenters. The van der Waals surface area contributed by atoms with Gasteiger partial charge in [-0.05, 0) is 54.7 Å². The average Bonchev–Trinajstić information content (AvgIpc) is 3.03. The summed E-state index contributed by atoms with van der Waals surface area (Å²) in [7, 11) is 0. The standard InChI is InChI=1S/C16H18O2S/c1-2-13-5-6-14(19-13)10-18-12-4-7-15-11(9-12)3-8-16(15)17/h4-7,9,16-17H,2-3,8,10H2,1H3/t16-/m0/s1. The molecule has 3 heteroatoms. The van der Waals surface area contributed by atoms with Gasteiger partial charge < -0.3 is 9.84 Å². The molecule has 3 rings (SSSR count). The molecule has 0 saturated heterocycles. The minimum atomic E-state index is -0.284.